The number of hydrogen-bond donors (Lipinski definition) is 0. The first-order valence-corrected chi connectivity index (χ1v) is 6.81. The molecular weight excluding hydrogens is 259 g/mol. The van der Waals surface area contributed by atoms with Crippen molar-refractivity contribution < 1.29 is 8.42 Å². The molecule has 0 fully saturated rings. The summed E-state index contributed by atoms with van der Waals surface area (Å²) in [6.45, 7) is 3.74. The molecule has 0 bridgehead atoms. The molecule has 1 rings (SSSR count). The van der Waals surface area contributed by atoms with Gasteiger partial charge in [-0.15, -0.1) is 0 Å². The van der Waals surface area contributed by atoms with Gasteiger partial charge in [0.15, 0.2) is 0 Å². The van der Waals surface area contributed by atoms with Crippen LogP contribution in [0.3, 0.4) is 0 Å². The summed E-state index contributed by atoms with van der Waals surface area (Å²) in [6.07, 6.45) is 1.00. The molecule has 0 saturated carbocycles. The van der Waals surface area contributed by atoms with Crippen molar-refractivity contribution in [2.45, 2.75) is 24.9 Å². The van der Waals surface area contributed by atoms with Gasteiger partial charge in [-0.25, -0.2) is 18.4 Å². The molecule has 1 aromatic rings. The van der Waals surface area contributed by atoms with Crippen LogP contribution in [-0.2, 0) is 9.84 Å². The number of nitrogens with zero attached hydrogens (tertiary/aromatic N) is 2. The van der Waals surface area contributed by atoms with E-state index in [0.29, 0.717) is 5.56 Å². The first-order chi connectivity index (χ1) is 6.73. The molecule has 4 nitrogen and oxygen atoms in total. The third-order valence-electron chi connectivity index (χ3n) is 1.74. The second kappa shape index (κ2) is 4.23. The van der Waals surface area contributed by atoms with Crippen molar-refractivity contribution in [2.75, 3.05) is 6.26 Å². The minimum Gasteiger partial charge on any atom is -0.221 e. The SMILES string of the molecule is CC(C)c1c(Cl)nc(S(C)(=O)=O)nc1Cl. The highest BCUT2D eigenvalue weighted by Crippen LogP contribution is 2.29. The lowest BCUT2D eigenvalue weighted by Gasteiger charge is -2.09. The van der Waals surface area contributed by atoms with Crippen LogP contribution in [0.15, 0.2) is 5.16 Å². The molecule has 7 heteroatoms. The third-order valence-corrected chi connectivity index (χ3v) is 3.16. The molecule has 0 atom stereocenters. The van der Waals surface area contributed by atoms with Crippen molar-refractivity contribution >= 4 is 33.0 Å². The highest BCUT2D eigenvalue weighted by atomic mass is 35.5. The van der Waals surface area contributed by atoms with Crippen LogP contribution in [-0.4, -0.2) is 24.6 Å². The number of hydrogen-bond acceptors (Lipinski definition) is 4. The third kappa shape index (κ3) is 2.80. The van der Waals surface area contributed by atoms with Crippen LogP contribution in [0.1, 0.15) is 25.3 Å². The second-order valence-electron chi connectivity index (χ2n) is 3.43. The Hall–Kier alpha value is -0.390. The minimum atomic E-state index is -3.48. The Morgan fingerprint density at radius 1 is 1.13 bits per heavy atom. The van der Waals surface area contributed by atoms with E-state index in [1.54, 1.807) is 0 Å². The molecule has 0 aromatic carbocycles. The molecule has 0 aliphatic heterocycles. The Morgan fingerprint density at radius 3 is 1.80 bits per heavy atom. The quantitative estimate of drug-likeness (QED) is 0.610. The van der Waals surface area contributed by atoms with Crippen molar-refractivity contribution in [3.05, 3.63) is 15.9 Å². The molecule has 0 aliphatic rings. The second-order valence-corrected chi connectivity index (χ2v) is 6.05. The van der Waals surface area contributed by atoms with E-state index in [9.17, 15) is 8.42 Å². The van der Waals surface area contributed by atoms with E-state index in [0.717, 1.165) is 6.26 Å². The summed E-state index contributed by atoms with van der Waals surface area (Å²) in [5.41, 5.74) is 0.561. The maximum atomic E-state index is 11.2. The maximum Gasteiger partial charge on any atom is 0.249 e. The highest BCUT2D eigenvalue weighted by Gasteiger charge is 2.19. The molecule has 1 heterocycles. The number of sulfone groups is 1. The summed E-state index contributed by atoms with van der Waals surface area (Å²) < 4.78 is 22.4. The summed E-state index contributed by atoms with van der Waals surface area (Å²) in [5, 5.41) is -0.169. The Balaban J connectivity index is 3.45. The molecule has 0 unspecified atom stereocenters. The van der Waals surface area contributed by atoms with Crippen LogP contribution in [0.2, 0.25) is 10.3 Å². The molecule has 0 N–H and O–H groups in total. The van der Waals surface area contributed by atoms with Crippen LogP contribution >= 0.6 is 23.2 Å². The van der Waals surface area contributed by atoms with Gasteiger partial charge >= 0.3 is 0 Å². The zero-order chi connectivity index (χ0) is 11.8. The van der Waals surface area contributed by atoms with E-state index in [-0.39, 0.29) is 21.4 Å². The molecule has 1 aromatic heterocycles. The molecule has 15 heavy (non-hydrogen) atoms. The van der Waals surface area contributed by atoms with Crippen molar-refractivity contribution in [3.63, 3.8) is 0 Å². The average Bonchev–Trinajstić information content (AvgIpc) is 1.99. The van der Waals surface area contributed by atoms with Gasteiger partial charge in [-0.3, -0.25) is 0 Å². The van der Waals surface area contributed by atoms with E-state index in [1.807, 2.05) is 13.8 Å². The molecule has 0 amide bonds. The predicted octanol–water partition coefficient (Wildman–Crippen LogP) is 2.31. The van der Waals surface area contributed by atoms with E-state index in [4.69, 9.17) is 23.2 Å². The molecule has 0 spiro atoms. The van der Waals surface area contributed by atoms with Crippen molar-refractivity contribution in [1.82, 2.24) is 9.97 Å². The Kier molecular flexibility index (Phi) is 3.58. The minimum absolute atomic E-state index is 0.0404. The van der Waals surface area contributed by atoms with Crippen LogP contribution < -0.4 is 0 Å². The molecule has 84 valence electrons. The first kappa shape index (κ1) is 12.7. The number of rotatable bonds is 2. The Morgan fingerprint density at radius 2 is 1.53 bits per heavy atom. The topological polar surface area (TPSA) is 59.9 Å². The average molecular weight is 269 g/mol. The smallest absolute Gasteiger partial charge is 0.221 e. The van der Waals surface area contributed by atoms with Crippen LogP contribution in [0.4, 0.5) is 0 Å². The lowest BCUT2D eigenvalue weighted by atomic mass is 10.1. The molecule has 0 saturated heterocycles. The summed E-state index contributed by atoms with van der Waals surface area (Å²) in [6, 6.07) is 0. The van der Waals surface area contributed by atoms with Gasteiger partial charge in [0.1, 0.15) is 10.3 Å². The van der Waals surface area contributed by atoms with Gasteiger partial charge < -0.3 is 0 Å². The summed E-state index contributed by atoms with van der Waals surface area (Å²) >= 11 is 11.7. The summed E-state index contributed by atoms with van der Waals surface area (Å²) in [7, 11) is -3.48. The number of aromatic nitrogens is 2. The lowest BCUT2D eigenvalue weighted by Crippen LogP contribution is -2.07. The van der Waals surface area contributed by atoms with Crippen LogP contribution in [0.5, 0.6) is 0 Å². The molecule has 0 radical (unpaired) electrons. The Labute approximate surface area is 98.6 Å². The fourth-order valence-electron chi connectivity index (χ4n) is 1.04. The van der Waals surface area contributed by atoms with E-state index < -0.39 is 9.84 Å². The van der Waals surface area contributed by atoms with Gasteiger partial charge in [0.2, 0.25) is 15.0 Å². The zero-order valence-corrected chi connectivity index (χ0v) is 10.8. The summed E-state index contributed by atoms with van der Waals surface area (Å²) in [4.78, 5) is 7.42. The van der Waals surface area contributed by atoms with Gasteiger partial charge in [-0.2, -0.15) is 0 Å². The highest BCUT2D eigenvalue weighted by molar-refractivity contribution is 7.90. The van der Waals surface area contributed by atoms with Crippen molar-refractivity contribution in [1.29, 1.82) is 0 Å². The zero-order valence-electron chi connectivity index (χ0n) is 8.45. The van der Waals surface area contributed by atoms with E-state index >= 15 is 0 Å². The van der Waals surface area contributed by atoms with Gasteiger partial charge in [0, 0.05) is 11.8 Å². The molecular formula is C8H10Cl2N2O2S. The number of halogens is 2. The monoisotopic (exact) mass is 268 g/mol. The van der Waals surface area contributed by atoms with Gasteiger partial charge in [-0.05, 0) is 5.92 Å². The standard InChI is InChI=1S/C8H10Cl2N2O2S/c1-4(2)5-6(9)11-8(12-7(5)10)15(3,13)14/h4H,1-3H3. The van der Waals surface area contributed by atoms with Crippen molar-refractivity contribution in [3.8, 4) is 0 Å². The van der Waals surface area contributed by atoms with E-state index in [1.165, 1.54) is 0 Å². The lowest BCUT2D eigenvalue weighted by molar-refractivity contribution is 0.592. The predicted molar refractivity (Wildman–Crippen MR) is 59.3 cm³/mol. The largest absolute Gasteiger partial charge is 0.249 e. The fraction of sp³-hybridized carbons (Fsp3) is 0.500. The first-order valence-electron chi connectivity index (χ1n) is 4.16. The normalized spacial score (nSPS) is 12.1. The van der Waals surface area contributed by atoms with E-state index in [2.05, 4.69) is 9.97 Å². The Bertz CT molecular complexity index is 462. The maximum absolute atomic E-state index is 11.2. The molecule has 0 aliphatic carbocycles. The van der Waals surface area contributed by atoms with Crippen LogP contribution in [0.25, 0.3) is 0 Å². The van der Waals surface area contributed by atoms with Gasteiger partial charge in [0.25, 0.3) is 0 Å². The van der Waals surface area contributed by atoms with Gasteiger partial charge in [-0.1, -0.05) is 37.0 Å². The summed E-state index contributed by atoms with van der Waals surface area (Å²) in [5.74, 6) is 0.0404. The van der Waals surface area contributed by atoms with Crippen LogP contribution in [0, 0.1) is 0 Å². The van der Waals surface area contributed by atoms with Crippen molar-refractivity contribution in [2.24, 2.45) is 0 Å². The van der Waals surface area contributed by atoms with Gasteiger partial charge in [0.05, 0.1) is 0 Å². The fourth-order valence-corrected chi connectivity index (χ4v) is 2.48.